The number of benzene rings is 1. The van der Waals surface area contributed by atoms with Gasteiger partial charge in [0.2, 0.25) is 5.91 Å². The van der Waals surface area contributed by atoms with Crippen LogP contribution in [-0.2, 0) is 4.79 Å². The molecule has 27 heavy (non-hydrogen) atoms. The number of rotatable bonds is 3. The fourth-order valence-electron chi connectivity index (χ4n) is 4.52. The zero-order valence-corrected chi connectivity index (χ0v) is 15.5. The second-order valence-corrected chi connectivity index (χ2v) is 8.07. The number of carbonyl (C=O) groups excluding carboxylic acids is 2. The standard InChI is InChI=1S/C20H27FN4O2/c21-14-1-3-15(4-2-14)23-19(27)24-16-5-11-25(12-6-16)18(26)17-13-20(17)7-9-22-10-8-20/h1-4,16-17,22H,5-13H2,(H2,23,24,27). The fourth-order valence-corrected chi connectivity index (χ4v) is 4.52. The molecule has 0 radical (unpaired) electrons. The lowest BCUT2D eigenvalue weighted by Crippen LogP contribution is -2.48. The van der Waals surface area contributed by atoms with E-state index in [-0.39, 0.29) is 29.2 Å². The second kappa shape index (κ2) is 7.46. The molecule has 1 atom stereocenters. The van der Waals surface area contributed by atoms with Crippen LogP contribution in [0.1, 0.15) is 32.1 Å². The van der Waals surface area contributed by atoms with Crippen molar-refractivity contribution in [3.05, 3.63) is 30.1 Å². The van der Waals surface area contributed by atoms with Crippen LogP contribution in [0.2, 0.25) is 0 Å². The van der Waals surface area contributed by atoms with Crippen LogP contribution in [0.25, 0.3) is 0 Å². The number of hydrogen-bond acceptors (Lipinski definition) is 3. The van der Waals surface area contributed by atoms with E-state index in [0.717, 1.165) is 45.2 Å². The molecule has 146 valence electrons. The molecule has 1 saturated carbocycles. The van der Waals surface area contributed by atoms with Crippen molar-refractivity contribution in [2.24, 2.45) is 11.3 Å². The number of amides is 3. The van der Waals surface area contributed by atoms with Gasteiger partial charge >= 0.3 is 6.03 Å². The Morgan fingerprint density at radius 2 is 1.78 bits per heavy atom. The average molecular weight is 374 g/mol. The van der Waals surface area contributed by atoms with Gasteiger partial charge in [-0.3, -0.25) is 4.79 Å². The van der Waals surface area contributed by atoms with Crippen molar-refractivity contribution in [1.82, 2.24) is 15.5 Å². The number of urea groups is 1. The molecule has 1 unspecified atom stereocenters. The molecule has 7 heteroatoms. The first-order valence-corrected chi connectivity index (χ1v) is 9.88. The molecular weight excluding hydrogens is 347 g/mol. The van der Waals surface area contributed by atoms with Gasteiger partial charge < -0.3 is 20.9 Å². The van der Waals surface area contributed by atoms with Crippen molar-refractivity contribution in [3.8, 4) is 0 Å². The molecule has 1 aromatic carbocycles. The Kier molecular flexibility index (Phi) is 5.04. The number of nitrogens with one attached hydrogen (secondary N) is 3. The molecule has 2 saturated heterocycles. The van der Waals surface area contributed by atoms with Gasteiger partial charge in [0.25, 0.3) is 0 Å². The first-order chi connectivity index (χ1) is 13.1. The zero-order chi connectivity index (χ0) is 18.9. The third-order valence-electron chi connectivity index (χ3n) is 6.33. The van der Waals surface area contributed by atoms with E-state index < -0.39 is 0 Å². The maximum Gasteiger partial charge on any atom is 0.319 e. The summed E-state index contributed by atoms with van der Waals surface area (Å²) in [5.74, 6) is 0.192. The molecule has 3 amide bonds. The fraction of sp³-hybridized carbons (Fsp3) is 0.600. The van der Waals surface area contributed by atoms with Gasteiger partial charge in [-0.05, 0) is 74.9 Å². The smallest absolute Gasteiger partial charge is 0.319 e. The lowest BCUT2D eigenvalue weighted by Gasteiger charge is -2.33. The first-order valence-electron chi connectivity index (χ1n) is 9.88. The van der Waals surface area contributed by atoms with Crippen LogP contribution >= 0.6 is 0 Å². The summed E-state index contributed by atoms with van der Waals surface area (Å²) in [6.45, 7) is 3.45. The Hall–Kier alpha value is -2.15. The van der Waals surface area contributed by atoms with Crippen LogP contribution < -0.4 is 16.0 Å². The van der Waals surface area contributed by atoms with E-state index in [1.165, 1.54) is 24.3 Å². The zero-order valence-electron chi connectivity index (χ0n) is 15.5. The number of likely N-dealkylation sites (tertiary alicyclic amines) is 1. The van der Waals surface area contributed by atoms with Crippen molar-refractivity contribution in [3.63, 3.8) is 0 Å². The molecule has 1 aliphatic carbocycles. The van der Waals surface area contributed by atoms with Gasteiger partial charge in [0.15, 0.2) is 0 Å². The van der Waals surface area contributed by atoms with Crippen LogP contribution in [0.5, 0.6) is 0 Å². The Balaban J connectivity index is 1.21. The molecule has 0 bridgehead atoms. The summed E-state index contributed by atoms with van der Waals surface area (Å²) < 4.78 is 12.9. The van der Waals surface area contributed by atoms with Gasteiger partial charge in [-0.2, -0.15) is 0 Å². The van der Waals surface area contributed by atoms with Crippen molar-refractivity contribution in [2.45, 2.75) is 38.1 Å². The predicted octanol–water partition coefficient (Wildman–Crippen LogP) is 2.33. The summed E-state index contributed by atoms with van der Waals surface area (Å²) in [5, 5.41) is 9.04. The van der Waals surface area contributed by atoms with E-state index >= 15 is 0 Å². The SMILES string of the molecule is O=C(Nc1ccc(F)cc1)NC1CCN(C(=O)C2CC23CCNCC3)CC1. The van der Waals surface area contributed by atoms with Crippen LogP contribution in [0, 0.1) is 17.2 Å². The van der Waals surface area contributed by atoms with Gasteiger partial charge in [0, 0.05) is 30.7 Å². The molecule has 2 heterocycles. The second-order valence-electron chi connectivity index (χ2n) is 8.07. The summed E-state index contributed by atoms with van der Waals surface area (Å²) in [6.07, 6.45) is 4.81. The molecule has 6 nitrogen and oxygen atoms in total. The average Bonchev–Trinajstić information content (AvgIpc) is 3.37. The van der Waals surface area contributed by atoms with E-state index in [1.54, 1.807) is 0 Å². The number of nitrogens with zero attached hydrogens (tertiary/aromatic N) is 1. The number of hydrogen-bond donors (Lipinski definition) is 3. The number of carbonyl (C=O) groups is 2. The Morgan fingerprint density at radius 3 is 2.44 bits per heavy atom. The maximum absolute atomic E-state index is 12.9. The predicted molar refractivity (Wildman–Crippen MR) is 101 cm³/mol. The van der Waals surface area contributed by atoms with E-state index in [4.69, 9.17) is 0 Å². The van der Waals surface area contributed by atoms with Crippen LogP contribution in [0.3, 0.4) is 0 Å². The van der Waals surface area contributed by atoms with Gasteiger partial charge in [-0.1, -0.05) is 0 Å². The van der Waals surface area contributed by atoms with Crippen LogP contribution in [-0.4, -0.2) is 49.1 Å². The summed E-state index contributed by atoms with van der Waals surface area (Å²) in [4.78, 5) is 26.9. The third kappa shape index (κ3) is 4.08. The molecule has 3 fully saturated rings. The molecular formula is C20H27FN4O2. The molecule has 4 rings (SSSR count). The van der Waals surface area contributed by atoms with E-state index in [9.17, 15) is 14.0 Å². The minimum atomic E-state index is -0.333. The summed E-state index contributed by atoms with van der Waals surface area (Å²) >= 11 is 0. The minimum absolute atomic E-state index is 0.0570. The monoisotopic (exact) mass is 374 g/mol. The highest BCUT2D eigenvalue weighted by Gasteiger charge is 2.58. The summed E-state index contributed by atoms with van der Waals surface area (Å²) in [5.41, 5.74) is 0.828. The van der Waals surface area contributed by atoms with Crippen molar-refractivity contribution >= 4 is 17.6 Å². The lowest BCUT2D eigenvalue weighted by molar-refractivity contribution is -0.134. The molecule has 3 N–H and O–H groups in total. The van der Waals surface area contributed by atoms with Crippen LogP contribution in [0.15, 0.2) is 24.3 Å². The maximum atomic E-state index is 12.9. The van der Waals surface area contributed by atoms with Crippen molar-refractivity contribution in [1.29, 1.82) is 0 Å². The summed E-state index contributed by atoms with van der Waals surface area (Å²) in [7, 11) is 0. The largest absolute Gasteiger partial charge is 0.342 e. The Morgan fingerprint density at radius 1 is 1.11 bits per heavy atom. The van der Waals surface area contributed by atoms with Gasteiger partial charge in [-0.25, -0.2) is 9.18 Å². The molecule has 1 aromatic rings. The number of halogens is 1. The van der Waals surface area contributed by atoms with Gasteiger partial charge in [0.05, 0.1) is 0 Å². The van der Waals surface area contributed by atoms with Gasteiger partial charge in [0.1, 0.15) is 5.82 Å². The highest BCUT2D eigenvalue weighted by atomic mass is 19.1. The van der Waals surface area contributed by atoms with Crippen molar-refractivity contribution < 1.29 is 14.0 Å². The van der Waals surface area contributed by atoms with E-state index in [2.05, 4.69) is 16.0 Å². The highest BCUT2D eigenvalue weighted by Crippen LogP contribution is 2.59. The van der Waals surface area contributed by atoms with Crippen molar-refractivity contribution in [2.75, 3.05) is 31.5 Å². The third-order valence-corrected chi connectivity index (χ3v) is 6.33. The molecule has 0 aromatic heterocycles. The van der Waals surface area contributed by atoms with E-state index in [0.29, 0.717) is 24.7 Å². The minimum Gasteiger partial charge on any atom is -0.342 e. The molecule has 1 spiro atoms. The normalized spacial score (nSPS) is 24.5. The number of anilines is 1. The highest BCUT2D eigenvalue weighted by molar-refractivity contribution is 5.89. The topological polar surface area (TPSA) is 73.5 Å². The quantitative estimate of drug-likeness (QED) is 0.760. The van der Waals surface area contributed by atoms with E-state index in [1.807, 2.05) is 4.90 Å². The van der Waals surface area contributed by atoms with Gasteiger partial charge in [-0.15, -0.1) is 0 Å². The Bertz CT molecular complexity index is 694. The number of piperidine rings is 2. The molecule has 3 aliphatic rings. The molecule has 2 aliphatic heterocycles. The summed E-state index contributed by atoms with van der Waals surface area (Å²) in [6, 6.07) is 5.45. The first kappa shape index (κ1) is 18.2. The van der Waals surface area contributed by atoms with Crippen LogP contribution in [0.4, 0.5) is 14.9 Å². The Labute approximate surface area is 158 Å². The lowest BCUT2D eigenvalue weighted by atomic mass is 9.91.